The molecule has 71 heavy (non-hydrogen) atoms. The van der Waals surface area contributed by atoms with Crippen LogP contribution in [0.1, 0.15) is 124 Å². The SMILES string of the molecule is CC(Br)C(=O)OC(C)(C)C.COc1cc2sc(C(=O)C(C(=O)OC(C)(C)C)C(C)C(=O)OC(C)(C)C)cc2nc1OC.COc1cc2sc(C(=O)CC(=O)OC(C)(C)C)cc2nc1OC.O=CO[O-].[Cs+].[Cs+].[H-]. The van der Waals surface area contributed by atoms with Gasteiger partial charge in [0.2, 0.25) is 0 Å². The Balaban J connectivity index is -0.00000104. The molecule has 0 amide bonds. The number of carbonyl (C=O) groups is 7. The second kappa shape index (κ2) is 32.3. The van der Waals surface area contributed by atoms with Crippen molar-refractivity contribution in [1.29, 1.82) is 0 Å². The number of methoxy groups -OCH3 is 4. The average Bonchev–Trinajstić information content (AvgIpc) is 3.84. The molecule has 4 aromatic rings. The number of pyridine rings is 2. The number of hydrogen-bond donors (Lipinski definition) is 0. The molecule has 24 heteroatoms. The number of esters is 4. The molecule has 4 rings (SSSR count). The van der Waals surface area contributed by atoms with Crippen LogP contribution in [0, 0.1) is 11.8 Å². The summed E-state index contributed by atoms with van der Waals surface area (Å²) >= 11 is 5.53. The van der Waals surface area contributed by atoms with E-state index in [-0.39, 0.29) is 185 Å². The Morgan fingerprint density at radius 1 is 0.620 bits per heavy atom. The van der Waals surface area contributed by atoms with Gasteiger partial charge in [-0.15, -0.1) is 22.7 Å². The van der Waals surface area contributed by atoms with Gasteiger partial charge in [0.1, 0.15) is 39.6 Å². The largest absolute Gasteiger partial charge is 1.00 e. The van der Waals surface area contributed by atoms with Gasteiger partial charge in [-0.05, 0) is 102 Å². The fraction of sp³-hybridized carbons (Fsp3) is 0.553. The van der Waals surface area contributed by atoms with Crippen LogP contribution in [-0.2, 0) is 47.8 Å². The predicted octanol–water partition coefficient (Wildman–Crippen LogP) is 2.33. The molecule has 19 nitrogen and oxygen atoms in total. The molecule has 0 radical (unpaired) electrons. The summed E-state index contributed by atoms with van der Waals surface area (Å²) in [5.41, 5.74) is -1.43. The summed E-state index contributed by atoms with van der Waals surface area (Å²) < 4.78 is 43.4. The number of halogens is 1. The number of Topliss-reactive ketones (excluding diaryl/α,β-unsaturated/α-hetero) is 2. The minimum atomic E-state index is -1.36. The molecule has 0 aliphatic rings. The van der Waals surface area contributed by atoms with Gasteiger partial charge in [-0.2, -0.15) is 0 Å². The zero-order valence-corrected chi connectivity index (χ0v) is 60.1. The maximum Gasteiger partial charge on any atom is 1.00 e. The van der Waals surface area contributed by atoms with E-state index >= 15 is 0 Å². The molecule has 4 aromatic heterocycles. The molecular formula is C47H65BrCs2N2O17S2. The summed E-state index contributed by atoms with van der Waals surface area (Å²) in [6, 6.07) is 6.69. The van der Waals surface area contributed by atoms with Crippen molar-refractivity contribution in [2.24, 2.45) is 11.8 Å². The number of nitrogens with zero attached hydrogens (tertiary/aromatic N) is 2. The van der Waals surface area contributed by atoms with Crippen molar-refractivity contribution in [3.63, 3.8) is 0 Å². The van der Waals surface area contributed by atoms with E-state index in [0.29, 0.717) is 38.0 Å². The van der Waals surface area contributed by atoms with Gasteiger partial charge in [0.15, 0.2) is 23.1 Å². The Morgan fingerprint density at radius 2 is 0.986 bits per heavy atom. The first-order valence-corrected chi connectivity index (χ1v) is 23.6. The van der Waals surface area contributed by atoms with E-state index in [1.165, 1.54) is 46.7 Å². The smallest absolute Gasteiger partial charge is 1.00 e. The van der Waals surface area contributed by atoms with Crippen molar-refractivity contribution in [1.82, 2.24) is 9.97 Å². The monoisotopic (exact) mass is 1340 g/mol. The fourth-order valence-electron chi connectivity index (χ4n) is 5.27. The maximum absolute atomic E-state index is 13.5. The Bertz CT molecular complexity index is 2340. The molecule has 0 fully saturated rings. The minimum absolute atomic E-state index is 0. The molecule has 0 saturated carbocycles. The van der Waals surface area contributed by atoms with Gasteiger partial charge in [-0.25, -0.2) is 9.97 Å². The molecule has 4 heterocycles. The number of thiophene rings is 2. The van der Waals surface area contributed by atoms with Gasteiger partial charge in [0, 0.05) is 12.1 Å². The molecule has 0 N–H and O–H groups in total. The number of carbonyl (C=O) groups excluding carboxylic acids is 7. The van der Waals surface area contributed by atoms with Gasteiger partial charge in [-0.3, -0.25) is 33.6 Å². The van der Waals surface area contributed by atoms with Crippen LogP contribution in [0.4, 0.5) is 0 Å². The molecule has 0 aliphatic heterocycles. The number of aromatic nitrogens is 2. The molecule has 3 unspecified atom stereocenters. The molecule has 0 aromatic carbocycles. The van der Waals surface area contributed by atoms with Crippen molar-refractivity contribution in [2.45, 2.75) is 131 Å². The van der Waals surface area contributed by atoms with Crippen LogP contribution in [0.2, 0.25) is 0 Å². The number of alkyl halides is 1. The molecule has 0 saturated heterocycles. The van der Waals surface area contributed by atoms with Gasteiger partial charge >= 0.3 is 162 Å². The second-order valence-electron chi connectivity index (χ2n) is 18.6. The Labute approximate surface area is 550 Å². The van der Waals surface area contributed by atoms with Crippen molar-refractivity contribution in [3.05, 3.63) is 34.0 Å². The van der Waals surface area contributed by atoms with Crippen LogP contribution in [0.25, 0.3) is 20.4 Å². The summed E-state index contributed by atoms with van der Waals surface area (Å²) in [7, 11) is 5.98. The predicted molar refractivity (Wildman–Crippen MR) is 261 cm³/mol. The molecule has 0 bridgehead atoms. The van der Waals surface area contributed by atoms with Crippen molar-refractivity contribution in [2.75, 3.05) is 28.4 Å². The number of hydrogen-bond acceptors (Lipinski definition) is 21. The van der Waals surface area contributed by atoms with E-state index in [2.05, 4.69) is 30.8 Å². The van der Waals surface area contributed by atoms with Crippen LogP contribution in [-0.4, -0.2) is 108 Å². The Morgan fingerprint density at radius 3 is 1.32 bits per heavy atom. The van der Waals surface area contributed by atoms with Crippen molar-refractivity contribution in [3.8, 4) is 23.3 Å². The topological polar surface area (TPSA) is 251 Å². The maximum atomic E-state index is 13.5. The first-order chi connectivity index (χ1) is 31.6. The number of ether oxygens (including phenoxy) is 8. The molecule has 0 aliphatic carbocycles. The molecule has 3 atom stereocenters. The van der Waals surface area contributed by atoms with Gasteiger partial charge in [-0.1, -0.05) is 22.9 Å². The number of rotatable bonds is 14. The van der Waals surface area contributed by atoms with E-state index in [1.54, 1.807) is 93.5 Å². The fourth-order valence-corrected chi connectivity index (χ4v) is 7.35. The normalized spacial score (nSPS) is 12.3. The molecular weight excluding hydrogens is 1270 g/mol. The zero-order chi connectivity index (χ0) is 53.4. The zero-order valence-electron chi connectivity index (χ0n) is 45.4. The van der Waals surface area contributed by atoms with Crippen molar-refractivity contribution >= 4 is 101 Å². The van der Waals surface area contributed by atoms with E-state index in [0.717, 1.165) is 16.0 Å². The van der Waals surface area contributed by atoms with Crippen LogP contribution in [0.15, 0.2) is 24.3 Å². The summed E-state index contributed by atoms with van der Waals surface area (Å²) in [5.74, 6) is -3.86. The third-order valence-corrected chi connectivity index (χ3v) is 10.5. The standard InChI is InChI=1S/C23H31NO7S.C16H19NO5S.C7H13BrO2.CH2O3.2Cs.H/c1-12(20(26)30-22(2,3)4)17(21(27)31-23(5,6)7)18(25)16-10-13-15(32-16)11-14(28-8)19(24-13)29-9;1-16(2,3)22-14(19)7-10(18)13-6-9-12(23-13)8-11(20-4)15(17-9)21-5;1-5(8)6(9)10-7(2,3)4;2-1-4-3;;;/h10-12,17H,1-9H3;6,8H,7H2,1-5H3;5H,1-4H3;1,3H;;;/q;;;;2*+1;-1/p-1. The van der Waals surface area contributed by atoms with E-state index in [4.69, 9.17) is 47.9 Å². The number of fused-ring (bicyclic) bond motifs is 2. The van der Waals surface area contributed by atoms with Crippen LogP contribution < -0.4 is 162 Å². The quantitative estimate of drug-likeness (QED) is 0.0257. The van der Waals surface area contributed by atoms with E-state index < -0.39 is 52.3 Å². The molecule has 0 spiro atoms. The molecule has 386 valence electrons. The van der Waals surface area contributed by atoms with Crippen molar-refractivity contribution < 1.29 is 221 Å². The summed E-state index contributed by atoms with van der Waals surface area (Å²) in [6.07, 6.45) is -0.293. The van der Waals surface area contributed by atoms with Gasteiger partial charge in [0.05, 0.1) is 64.5 Å². The minimum Gasteiger partial charge on any atom is -1.00 e. The third-order valence-electron chi connectivity index (χ3n) is 7.93. The van der Waals surface area contributed by atoms with Crippen LogP contribution in [0.3, 0.4) is 0 Å². The second-order valence-corrected chi connectivity index (χ2v) is 22.2. The van der Waals surface area contributed by atoms with Crippen LogP contribution in [0.5, 0.6) is 23.3 Å². The first kappa shape index (κ1) is 71.7. The Hall–Kier alpha value is -1.35. The van der Waals surface area contributed by atoms with Crippen LogP contribution >= 0.6 is 38.6 Å². The summed E-state index contributed by atoms with van der Waals surface area (Å²) in [5, 5.41) is 8.43. The third kappa shape index (κ3) is 26.3. The first-order valence-electron chi connectivity index (χ1n) is 21.0. The van der Waals surface area contributed by atoms with E-state index in [1.807, 2.05) is 20.8 Å². The van der Waals surface area contributed by atoms with Gasteiger partial charge < -0.3 is 49.5 Å². The number of ketones is 2. The summed E-state index contributed by atoms with van der Waals surface area (Å²) in [4.78, 5) is 94.5. The average molecular weight is 1340 g/mol. The van der Waals surface area contributed by atoms with Gasteiger partial charge in [0.25, 0.3) is 18.2 Å². The Kier molecular flexibility index (Phi) is 32.6. The van der Waals surface area contributed by atoms with E-state index in [9.17, 15) is 28.8 Å². The summed E-state index contributed by atoms with van der Waals surface area (Å²) in [6.45, 7) is 24.2.